The van der Waals surface area contributed by atoms with Crippen molar-refractivity contribution in [2.24, 2.45) is 0 Å². The van der Waals surface area contributed by atoms with Crippen LogP contribution in [0.15, 0.2) is 64.2 Å². The number of imidazole rings is 1. The summed E-state index contributed by atoms with van der Waals surface area (Å²) < 4.78 is 4.85. The molecule has 190 valence electrons. The third kappa shape index (κ3) is 4.80. The van der Waals surface area contributed by atoms with Crippen LogP contribution in [0.5, 0.6) is 0 Å². The van der Waals surface area contributed by atoms with Crippen molar-refractivity contribution in [1.29, 1.82) is 5.26 Å². The van der Waals surface area contributed by atoms with Crippen LogP contribution in [0.2, 0.25) is 0 Å². The summed E-state index contributed by atoms with van der Waals surface area (Å²) in [6.45, 7) is 6.12. The Bertz CT molecular complexity index is 1550. The summed E-state index contributed by atoms with van der Waals surface area (Å²) in [4.78, 5) is 34.6. The average Bonchev–Trinajstić information content (AvgIpc) is 3.09. The zero-order chi connectivity index (χ0) is 25.8. The zero-order valence-electron chi connectivity index (χ0n) is 21.1. The number of nitriles is 1. The van der Waals surface area contributed by atoms with Crippen molar-refractivity contribution in [2.75, 3.05) is 31.1 Å². The Balaban J connectivity index is 1.79. The molecule has 9 heteroatoms. The molecule has 1 fully saturated rings. The maximum atomic E-state index is 13.9. The van der Waals surface area contributed by atoms with Crippen molar-refractivity contribution >= 4 is 17.1 Å². The Morgan fingerprint density at radius 1 is 0.946 bits per heavy atom. The van der Waals surface area contributed by atoms with Gasteiger partial charge in [0.25, 0.3) is 5.56 Å². The van der Waals surface area contributed by atoms with Crippen LogP contribution in [0.25, 0.3) is 11.2 Å². The second kappa shape index (κ2) is 10.8. The van der Waals surface area contributed by atoms with E-state index in [0.717, 1.165) is 43.7 Å². The summed E-state index contributed by atoms with van der Waals surface area (Å²) in [6.07, 6.45) is 1.59. The van der Waals surface area contributed by atoms with Crippen molar-refractivity contribution in [2.45, 2.75) is 39.4 Å². The number of anilines is 1. The fraction of sp³-hybridized carbons (Fsp3) is 0.357. The van der Waals surface area contributed by atoms with Crippen LogP contribution in [0.4, 0.5) is 5.95 Å². The van der Waals surface area contributed by atoms with E-state index in [1.54, 1.807) is 10.6 Å². The van der Waals surface area contributed by atoms with E-state index >= 15 is 0 Å². The van der Waals surface area contributed by atoms with Crippen LogP contribution in [0, 0.1) is 11.3 Å². The van der Waals surface area contributed by atoms with Crippen LogP contribution >= 0.6 is 0 Å². The van der Waals surface area contributed by atoms with Crippen LogP contribution in [-0.2, 0) is 19.6 Å². The molecule has 0 bridgehead atoms. The van der Waals surface area contributed by atoms with E-state index in [0.29, 0.717) is 48.7 Å². The first-order valence-electron chi connectivity index (χ1n) is 12.8. The van der Waals surface area contributed by atoms with Crippen LogP contribution in [0.1, 0.15) is 36.5 Å². The van der Waals surface area contributed by atoms with Gasteiger partial charge in [-0.25, -0.2) is 4.79 Å². The van der Waals surface area contributed by atoms with Gasteiger partial charge in [-0.3, -0.25) is 18.5 Å². The minimum absolute atomic E-state index is 0.310. The molecule has 1 saturated heterocycles. The van der Waals surface area contributed by atoms with Gasteiger partial charge in [0.1, 0.15) is 0 Å². The summed E-state index contributed by atoms with van der Waals surface area (Å²) in [5, 5.41) is 13.1. The highest BCUT2D eigenvalue weighted by atomic mass is 16.2. The predicted molar refractivity (Wildman–Crippen MR) is 144 cm³/mol. The molecule has 0 amide bonds. The molecule has 2 aromatic heterocycles. The highest BCUT2D eigenvalue weighted by molar-refractivity contribution is 5.75. The lowest BCUT2D eigenvalue weighted by Gasteiger charge is -2.22. The normalized spacial score (nSPS) is 14.0. The Kier molecular flexibility index (Phi) is 7.19. The number of rotatable bonds is 7. The summed E-state index contributed by atoms with van der Waals surface area (Å²) in [5.74, 6) is 0.652. The molecule has 1 N–H and O–H groups in total. The van der Waals surface area contributed by atoms with Gasteiger partial charge in [0, 0.05) is 26.2 Å². The molecule has 0 atom stereocenters. The van der Waals surface area contributed by atoms with Gasteiger partial charge in [0.15, 0.2) is 11.2 Å². The number of aromatic nitrogens is 4. The third-order valence-corrected chi connectivity index (χ3v) is 6.81. The maximum absolute atomic E-state index is 13.9. The van der Waals surface area contributed by atoms with Gasteiger partial charge < -0.3 is 10.2 Å². The number of hydrogen-bond donors (Lipinski definition) is 1. The molecule has 0 unspecified atom stereocenters. The second-order valence-electron chi connectivity index (χ2n) is 9.34. The smallest absolute Gasteiger partial charge is 0.333 e. The first kappa shape index (κ1) is 24.5. The highest BCUT2D eigenvalue weighted by Gasteiger charge is 2.25. The van der Waals surface area contributed by atoms with Crippen molar-refractivity contribution in [3.8, 4) is 6.07 Å². The Hall–Kier alpha value is -4.16. The minimum Gasteiger partial charge on any atom is -0.341 e. The van der Waals surface area contributed by atoms with Gasteiger partial charge in [-0.2, -0.15) is 10.2 Å². The molecule has 4 aromatic rings. The van der Waals surface area contributed by atoms with Crippen molar-refractivity contribution < 1.29 is 0 Å². The average molecular weight is 498 g/mol. The van der Waals surface area contributed by atoms with E-state index in [9.17, 15) is 14.9 Å². The van der Waals surface area contributed by atoms with Gasteiger partial charge in [-0.15, -0.1) is 0 Å². The van der Waals surface area contributed by atoms with Gasteiger partial charge >= 0.3 is 5.69 Å². The van der Waals surface area contributed by atoms with E-state index in [1.807, 2.05) is 60.0 Å². The number of hydrogen-bond acceptors (Lipinski definition) is 6. The van der Waals surface area contributed by atoms with Crippen molar-refractivity contribution in [1.82, 2.24) is 24.0 Å². The largest absolute Gasteiger partial charge is 0.341 e. The molecular formula is C28H31N7O2. The fourth-order valence-corrected chi connectivity index (χ4v) is 4.98. The lowest BCUT2D eigenvalue weighted by Crippen LogP contribution is -2.41. The molecule has 0 aliphatic carbocycles. The lowest BCUT2D eigenvalue weighted by molar-refractivity contribution is 0.577. The molecule has 9 nitrogen and oxygen atoms in total. The molecule has 1 aliphatic heterocycles. The SMILES string of the molecule is CCCn1c(=O)c2c(nc(N3CCCNCC3)n2Cc2ccccc2C#N)n(Cc2ccccc2)c1=O. The van der Waals surface area contributed by atoms with Crippen molar-refractivity contribution in [3.05, 3.63) is 92.1 Å². The quantitative estimate of drug-likeness (QED) is 0.421. The number of nitrogens with one attached hydrogen (secondary N) is 1. The Morgan fingerprint density at radius 2 is 1.73 bits per heavy atom. The van der Waals surface area contributed by atoms with Gasteiger partial charge in [0.2, 0.25) is 5.95 Å². The molecular weight excluding hydrogens is 466 g/mol. The molecule has 1 aliphatic rings. The zero-order valence-corrected chi connectivity index (χ0v) is 21.1. The van der Waals surface area contributed by atoms with Crippen LogP contribution in [0.3, 0.4) is 0 Å². The highest BCUT2D eigenvalue weighted by Crippen LogP contribution is 2.24. The summed E-state index contributed by atoms with van der Waals surface area (Å²) in [7, 11) is 0. The van der Waals surface area contributed by atoms with Gasteiger partial charge in [-0.1, -0.05) is 55.5 Å². The monoisotopic (exact) mass is 497 g/mol. The standard InChI is InChI=1S/C28H31N7O2/c1-2-15-33-26(36)24-25(35(28(33)37)19-21-9-4-3-5-10-21)31-27(32-16-8-13-30-14-17-32)34(24)20-23-12-7-6-11-22(23)18-29/h3-7,9-12,30H,2,8,13-17,19-20H2,1H3. The Morgan fingerprint density at radius 3 is 2.51 bits per heavy atom. The van der Waals surface area contributed by atoms with Crippen molar-refractivity contribution in [3.63, 3.8) is 0 Å². The number of nitrogens with zero attached hydrogens (tertiary/aromatic N) is 6. The summed E-state index contributed by atoms with van der Waals surface area (Å²) in [6, 6.07) is 19.4. The summed E-state index contributed by atoms with van der Waals surface area (Å²) >= 11 is 0. The maximum Gasteiger partial charge on any atom is 0.333 e. The summed E-state index contributed by atoms with van der Waals surface area (Å²) in [5.41, 5.74) is 2.40. The first-order chi connectivity index (χ1) is 18.1. The topological polar surface area (TPSA) is 101 Å². The molecule has 0 spiro atoms. The van der Waals surface area contributed by atoms with E-state index in [2.05, 4.69) is 16.3 Å². The fourth-order valence-electron chi connectivity index (χ4n) is 4.98. The molecule has 5 rings (SSSR count). The molecule has 2 aromatic carbocycles. The van der Waals surface area contributed by atoms with E-state index in [4.69, 9.17) is 4.98 Å². The van der Waals surface area contributed by atoms with E-state index in [-0.39, 0.29) is 11.2 Å². The lowest BCUT2D eigenvalue weighted by atomic mass is 10.1. The predicted octanol–water partition coefficient (Wildman–Crippen LogP) is 2.54. The molecule has 0 saturated carbocycles. The van der Waals surface area contributed by atoms with E-state index in [1.165, 1.54) is 4.57 Å². The van der Waals surface area contributed by atoms with E-state index < -0.39 is 0 Å². The number of benzene rings is 2. The Labute approximate surface area is 215 Å². The number of fused-ring (bicyclic) bond motifs is 1. The van der Waals surface area contributed by atoms with Gasteiger partial charge in [-0.05, 0) is 36.6 Å². The molecule has 3 heterocycles. The van der Waals surface area contributed by atoms with Crippen LogP contribution < -0.4 is 21.5 Å². The molecule has 0 radical (unpaired) electrons. The molecule has 37 heavy (non-hydrogen) atoms. The minimum atomic E-state index is -0.352. The first-order valence-corrected chi connectivity index (χ1v) is 12.8. The third-order valence-electron chi connectivity index (χ3n) is 6.81. The second-order valence-corrected chi connectivity index (χ2v) is 9.34. The van der Waals surface area contributed by atoms with Crippen LogP contribution in [-0.4, -0.2) is 44.9 Å². The van der Waals surface area contributed by atoms with Gasteiger partial charge in [0.05, 0.1) is 24.7 Å².